The molecule has 1 N–H and O–H groups in total. The van der Waals surface area contributed by atoms with Crippen LogP contribution in [0.25, 0.3) is 16.9 Å². The molecule has 0 aliphatic heterocycles. The predicted molar refractivity (Wildman–Crippen MR) is 119 cm³/mol. The quantitative estimate of drug-likeness (QED) is 0.486. The Balaban J connectivity index is 1.41. The highest BCUT2D eigenvalue weighted by Gasteiger charge is 2.27. The molecule has 1 aromatic carbocycles. The Kier molecular flexibility index (Phi) is 5.12. The van der Waals surface area contributed by atoms with Crippen LogP contribution in [0.15, 0.2) is 53.5 Å². The van der Waals surface area contributed by atoms with E-state index in [1.807, 2.05) is 0 Å². The molecule has 1 aliphatic carbocycles. The van der Waals surface area contributed by atoms with Gasteiger partial charge in [0, 0.05) is 23.6 Å². The summed E-state index contributed by atoms with van der Waals surface area (Å²) in [5.41, 5.74) is 2.13. The first-order chi connectivity index (χ1) is 15.9. The molecule has 1 saturated carbocycles. The van der Waals surface area contributed by atoms with E-state index in [1.165, 1.54) is 25.3 Å². The third-order valence-corrected chi connectivity index (χ3v) is 5.61. The summed E-state index contributed by atoms with van der Waals surface area (Å²) in [6.45, 7) is 1.56. The number of nitrogens with zero attached hydrogens (tertiary/aromatic N) is 5. The number of anilines is 1. The molecule has 1 aliphatic rings. The van der Waals surface area contributed by atoms with Gasteiger partial charge < -0.3 is 10.1 Å². The topological polar surface area (TPSA) is 103 Å². The second-order valence-corrected chi connectivity index (χ2v) is 7.98. The van der Waals surface area contributed by atoms with Crippen LogP contribution in [0.4, 0.5) is 10.1 Å². The number of imidazole rings is 1. The lowest BCUT2D eigenvalue weighted by atomic mass is 10.1. The fourth-order valence-electron chi connectivity index (χ4n) is 3.56. The van der Waals surface area contributed by atoms with Crippen molar-refractivity contribution in [3.8, 4) is 17.1 Å². The van der Waals surface area contributed by atoms with Gasteiger partial charge in [0.2, 0.25) is 11.8 Å². The number of methoxy groups -OCH3 is 1. The maximum atomic E-state index is 14.5. The molecule has 1 atom stereocenters. The fourth-order valence-corrected chi connectivity index (χ4v) is 3.56. The lowest BCUT2D eigenvalue weighted by molar-refractivity contribution is -0.119. The number of rotatable bonds is 6. The third kappa shape index (κ3) is 4.07. The Morgan fingerprint density at radius 3 is 2.76 bits per heavy atom. The summed E-state index contributed by atoms with van der Waals surface area (Å²) < 4.78 is 22.3. The van der Waals surface area contributed by atoms with Gasteiger partial charge in [-0.05, 0) is 50.1 Å². The number of benzene rings is 1. The Labute approximate surface area is 187 Å². The van der Waals surface area contributed by atoms with Crippen molar-refractivity contribution in [3.63, 3.8) is 0 Å². The highest BCUT2D eigenvalue weighted by molar-refractivity contribution is 5.94. The summed E-state index contributed by atoms with van der Waals surface area (Å²) in [5, 5.41) is 11.2. The van der Waals surface area contributed by atoms with Gasteiger partial charge in [-0.3, -0.25) is 9.59 Å². The average Bonchev–Trinajstić information content (AvgIpc) is 3.58. The van der Waals surface area contributed by atoms with Crippen molar-refractivity contribution in [1.29, 1.82) is 0 Å². The van der Waals surface area contributed by atoms with E-state index in [0.29, 0.717) is 28.7 Å². The first-order valence-corrected chi connectivity index (χ1v) is 10.5. The maximum Gasteiger partial charge on any atom is 0.267 e. The Morgan fingerprint density at radius 1 is 1.18 bits per heavy atom. The van der Waals surface area contributed by atoms with Crippen LogP contribution in [0.5, 0.6) is 5.88 Å². The van der Waals surface area contributed by atoms with Gasteiger partial charge in [-0.25, -0.2) is 18.6 Å². The Hall–Kier alpha value is -4.08. The molecule has 0 spiro atoms. The lowest BCUT2D eigenvalue weighted by Gasteiger charge is -2.15. The molecule has 10 heteroatoms. The van der Waals surface area contributed by atoms with Gasteiger partial charge in [-0.2, -0.15) is 5.10 Å². The zero-order valence-corrected chi connectivity index (χ0v) is 18.0. The van der Waals surface area contributed by atoms with Crippen LogP contribution in [0.1, 0.15) is 37.4 Å². The van der Waals surface area contributed by atoms with Gasteiger partial charge >= 0.3 is 0 Å². The van der Waals surface area contributed by atoms with Gasteiger partial charge in [0.05, 0.1) is 30.4 Å². The molecule has 1 amide bonds. The smallest absolute Gasteiger partial charge is 0.267 e. The van der Waals surface area contributed by atoms with Crippen LogP contribution in [0, 0.1) is 5.82 Å². The van der Waals surface area contributed by atoms with Crippen molar-refractivity contribution in [2.24, 2.45) is 0 Å². The first kappa shape index (κ1) is 20.8. The number of nitrogens with one attached hydrogen (secondary N) is 1. The number of hydrogen-bond acceptors (Lipinski definition) is 6. The van der Waals surface area contributed by atoms with Crippen molar-refractivity contribution in [2.75, 3.05) is 12.4 Å². The van der Waals surface area contributed by atoms with Gasteiger partial charge in [-0.15, -0.1) is 5.10 Å². The number of carbonyl (C=O) groups is 1. The van der Waals surface area contributed by atoms with Crippen molar-refractivity contribution >= 4 is 17.2 Å². The molecule has 3 aromatic heterocycles. The molecule has 5 rings (SSSR count). The van der Waals surface area contributed by atoms with E-state index in [-0.39, 0.29) is 11.2 Å². The van der Waals surface area contributed by atoms with Crippen molar-refractivity contribution in [3.05, 3.63) is 70.5 Å². The van der Waals surface area contributed by atoms with Crippen LogP contribution >= 0.6 is 0 Å². The van der Waals surface area contributed by atoms with Crippen LogP contribution in [0.3, 0.4) is 0 Å². The first-order valence-electron chi connectivity index (χ1n) is 10.5. The molecule has 0 saturated heterocycles. The van der Waals surface area contributed by atoms with E-state index in [2.05, 4.69) is 20.5 Å². The summed E-state index contributed by atoms with van der Waals surface area (Å²) in [6, 6.07) is 9.97. The molecular weight excluding hydrogens is 427 g/mol. The minimum Gasteiger partial charge on any atom is -0.480 e. The molecule has 168 valence electrons. The van der Waals surface area contributed by atoms with Crippen molar-refractivity contribution in [2.45, 2.75) is 31.7 Å². The Morgan fingerprint density at radius 2 is 2.00 bits per heavy atom. The average molecular weight is 448 g/mol. The second kappa shape index (κ2) is 8.12. The zero-order valence-electron chi connectivity index (χ0n) is 18.0. The number of fused-ring (bicyclic) bond motifs is 1. The highest BCUT2D eigenvalue weighted by Crippen LogP contribution is 2.38. The molecule has 4 aromatic rings. The van der Waals surface area contributed by atoms with Gasteiger partial charge in [0.15, 0.2) is 5.65 Å². The predicted octanol–water partition coefficient (Wildman–Crippen LogP) is 3.18. The molecule has 0 bridgehead atoms. The van der Waals surface area contributed by atoms with Crippen LogP contribution < -0.4 is 15.6 Å². The molecule has 1 unspecified atom stereocenters. The van der Waals surface area contributed by atoms with E-state index in [9.17, 15) is 14.0 Å². The highest BCUT2D eigenvalue weighted by atomic mass is 19.1. The maximum absolute atomic E-state index is 14.5. The normalized spacial score (nSPS) is 14.3. The molecule has 33 heavy (non-hydrogen) atoms. The summed E-state index contributed by atoms with van der Waals surface area (Å²) in [6.07, 6.45) is 3.73. The number of amides is 1. The largest absolute Gasteiger partial charge is 0.480 e. The zero-order chi connectivity index (χ0) is 23.1. The summed E-state index contributed by atoms with van der Waals surface area (Å²) in [4.78, 5) is 29.6. The molecular formula is C23H21FN6O3. The minimum absolute atomic E-state index is 0.0154. The molecule has 0 radical (unpaired) electrons. The SMILES string of the molecule is COc1ccc2nc(-c3ccc(F)c(NC(=O)C(C)n4nc(C5CC5)ccc4=O)c3)cn2n1. The third-order valence-electron chi connectivity index (χ3n) is 5.61. The summed E-state index contributed by atoms with van der Waals surface area (Å²) in [5.74, 6) is -0.381. The summed E-state index contributed by atoms with van der Waals surface area (Å²) >= 11 is 0. The molecule has 1 fully saturated rings. The van der Waals surface area contributed by atoms with Crippen LogP contribution in [-0.2, 0) is 4.79 Å². The minimum atomic E-state index is -0.911. The Bertz CT molecular complexity index is 1430. The molecule has 9 nitrogen and oxygen atoms in total. The van der Waals surface area contributed by atoms with Crippen LogP contribution in [0.2, 0.25) is 0 Å². The molecule has 3 heterocycles. The van der Waals surface area contributed by atoms with Crippen molar-refractivity contribution < 1.29 is 13.9 Å². The van der Waals surface area contributed by atoms with E-state index in [0.717, 1.165) is 23.2 Å². The van der Waals surface area contributed by atoms with Gasteiger partial charge in [-0.1, -0.05) is 0 Å². The van der Waals surface area contributed by atoms with Gasteiger partial charge in [0.1, 0.15) is 11.9 Å². The van der Waals surface area contributed by atoms with Crippen molar-refractivity contribution in [1.82, 2.24) is 24.4 Å². The van der Waals surface area contributed by atoms with Gasteiger partial charge in [0.25, 0.3) is 5.56 Å². The second-order valence-electron chi connectivity index (χ2n) is 7.98. The number of aromatic nitrogens is 5. The van der Waals surface area contributed by atoms with E-state index < -0.39 is 17.8 Å². The van der Waals surface area contributed by atoms with Crippen LogP contribution in [-0.4, -0.2) is 37.4 Å². The number of hydrogen-bond donors (Lipinski definition) is 1. The summed E-state index contributed by atoms with van der Waals surface area (Å²) in [7, 11) is 1.52. The number of carbonyl (C=O) groups excluding carboxylic acids is 1. The number of halogens is 1. The van der Waals surface area contributed by atoms with E-state index in [4.69, 9.17) is 4.74 Å². The van der Waals surface area contributed by atoms with E-state index in [1.54, 1.807) is 41.9 Å². The van der Waals surface area contributed by atoms with E-state index >= 15 is 0 Å². The number of ether oxygens (including phenoxy) is 1. The monoisotopic (exact) mass is 448 g/mol. The lowest BCUT2D eigenvalue weighted by Crippen LogP contribution is -2.33. The fraction of sp³-hybridized carbons (Fsp3) is 0.261. The standard InChI is InChI=1S/C23H21FN6O3/c1-13(30-22(31)10-7-17(27-30)14-3-4-14)23(32)26-18-11-15(5-6-16(18)24)19-12-29-20(25-19)8-9-21(28-29)33-2/h5-14H,3-4H2,1-2H3,(H,26,32).